The fourth-order valence-electron chi connectivity index (χ4n) is 2.99. The van der Waals surface area contributed by atoms with E-state index in [1.807, 2.05) is 0 Å². The van der Waals surface area contributed by atoms with Crippen molar-refractivity contribution in [1.29, 1.82) is 0 Å². The third-order valence-corrected chi connectivity index (χ3v) is 4.26. The minimum absolute atomic E-state index is 0.00986. The monoisotopic (exact) mass is 254 g/mol. The molecule has 0 aromatic heterocycles. The lowest BCUT2D eigenvalue weighted by atomic mass is 10.0. The number of nitrogens with one attached hydrogen (secondary N) is 2. The maximum atomic E-state index is 12.3. The standard InChI is InChI=1S/C14H26N2O2/c1-3-7-15-13-9-18-8-11(13)14(17)16-12-6-4-5-10(12)2/h10-13,15H,3-9H2,1-2H3,(H,16,17). The van der Waals surface area contributed by atoms with Gasteiger partial charge >= 0.3 is 0 Å². The fourth-order valence-corrected chi connectivity index (χ4v) is 2.99. The van der Waals surface area contributed by atoms with Gasteiger partial charge in [0.25, 0.3) is 0 Å². The summed E-state index contributed by atoms with van der Waals surface area (Å²) in [4.78, 5) is 12.3. The molecule has 0 aromatic carbocycles. The highest BCUT2D eigenvalue weighted by Gasteiger charge is 2.35. The van der Waals surface area contributed by atoms with Gasteiger partial charge in [0.1, 0.15) is 0 Å². The molecule has 2 rings (SSSR count). The topological polar surface area (TPSA) is 50.4 Å². The lowest BCUT2D eigenvalue weighted by Gasteiger charge is -2.23. The molecular formula is C14H26N2O2. The van der Waals surface area contributed by atoms with Gasteiger partial charge in [-0.1, -0.05) is 20.3 Å². The molecule has 1 aliphatic heterocycles. The smallest absolute Gasteiger partial charge is 0.227 e. The van der Waals surface area contributed by atoms with E-state index in [1.165, 1.54) is 12.8 Å². The molecular weight excluding hydrogens is 228 g/mol. The first kappa shape index (κ1) is 13.8. The van der Waals surface area contributed by atoms with Gasteiger partial charge in [-0.2, -0.15) is 0 Å². The van der Waals surface area contributed by atoms with Crippen molar-refractivity contribution in [3.05, 3.63) is 0 Å². The Morgan fingerprint density at radius 3 is 2.78 bits per heavy atom. The van der Waals surface area contributed by atoms with Crippen LogP contribution in [0, 0.1) is 11.8 Å². The number of hydrogen-bond donors (Lipinski definition) is 2. The Balaban J connectivity index is 1.83. The number of carbonyl (C=O) groups is 1. The first-order valence-electron chi connectivity index (χ1n) is 7.34. The van der Waals surface area contributed by atoms with E-state index in [0.717, 1.165) is 19.4 Å². The van der Waals surface area contributed by atoms with Crippen LogP contribution < -0.4 is 10.6 Å². The summed E-state index contributed by atoms with van der Waals surface area (Å²) in [6, 6.07) is 0.576. The Kier molecular flexibility index (Phi) is 5.01. The largest absolute Gasteiger partial charge is 0.379 e. The highest BCUT2D eigenvalue weighted by Crippen LogP contribution is 2.25. The third kappa shape index (κ3) is 3.23. The molecule has 1 aliphatic carbocycles. The molecule has 1 saturated carbocycles. The molecule has 2 N–H and O–H groups in total. The van der Waals surface area contributed by atoms with E-state index in [2.05, 4.69) is 24.5 Å². The van der Waals surface area contributed by atoms with Crippen LogP contribution in [0.15, 0.2) is 0 Å². The van der Waals surface area contributed by atoms with Gasteiger partial charge in [-0.15, -0.1) is 0 Å². The maximum absolute atomic E-state index is 12.3. The van der Waals surface area contributed by atoms with Crippen molar-refractivity contribution in [2.45, 2.75) is 51.6 Å². The molecule has 0 bridgehead atoms. The van der Waals surface area contributed by atoms with Crippen LogP contribution >= 0.6 is 0 Å². The van der Waals surface area contributed by atoms with Gasteiger partial charge in [0.05, 0.1) is 19.1 Å². The highest BCUT2D eigenvalue weighted by molar-refractivity contribution is 5.80. The van der Waals surface area contributed by atoms with Crippen molar-refractivity contribution in [2.24, 2.45) is 11.8 Å². The summed E-state index contributed by atoms with van der Waals surface area (Å²) in [5.41, 5.74) is 0. The van der Waals surface area contributed by atoms with Gasteiger partial charge in [0, 0.05) is 12.1 Å². The quantitative estimate of drug-likeness (QED) is 0.777. The fraction of sp³-hybridized carbons (Fsp3) is 0.929. The molecule has 0 radical (unpaired) electrons. The van der Waals surface area contributed by atoms with Crippen molar-refractivity contribution in [3.63, 3.8) is 0 Å². The summed E-state index contributed by atoms with van der Waals surface area (Å²) < 4.78 is 5.46. The van der Waals surface area contributed by atoms with Gasteiger partial charge < -0.3 is 15.4 Å². The molecule has 1 heterocycles. The zero-order valence-corrected chi connectivity index (χ0v) is 11.6. The van der Waals surface area contributed by atoms with E-state index < -0.39 is 0 Å². The second-order valence-electron chi connectivity index (χ2n) is 5.73. The van der Waals surface area contributed by atoms with E-state index in [4.69, 9.17) is 4.74 Å². The van der Waals surface area contributed by atoms with Crippen LogP contribution in [0.5, 0.6) is 0 Å². The van der Waals surface area contributed by atoms with Crippen LogP contribution in [0.25, 0.3) is 0 Å². The number of rotatable bonds is 5. The van der Waals surface area contributed by atoms with Gasteiger partial charge in [-0.05, 0) is 31.7 Å². The van der Waals surface area contributed by atoms with Crippen LogP contribution in [0.2, 0.25) is 0 Å². The lowest BCUT2D eigenvalue weighted by Crippen LogP contribution is -2.47. The van der Waals surface area contributed by atoms with Gasteiger partial charge in [-0.25, -0.2) is 0 Å². The second kappa shape index (κ2) is 6.53. The summed E-state index contributed by atoms with van der Waals surface area (Å²) in [6.07, 6.45) is 4.70. The summed E-state index contributed by atoms with van der Waals surface area (Å²) in [5, 5.41) is 6.63. The van der Waals surface area contributed by atoms with Crippen LogP contribution in [0.4, 0.5) is 0 Å². The Hall–Kier alpha value is -0.610. The highest BCUT2D eigenvalue weighted by atomic mass is 16.5. The first-order valence-corrected chi connectivity index (χ1v) is 7.34. The minimum atomic E-state index is -0.00986. The molecule has 0 spiro atoms. The lowest BCUT2D eigenvalue weighted by molar-refractivity contribution is -0.126. The van der Waals surface area contributed by atoms with Crippen molar-refractivity contribution in [3.8, 4) is 0 Å². The number of hydrogen-bond acceptors (Lipinski definition) is 3. The normalized spacial score (nSPS) is 35.9. The molecule has 2 fully saturated rings. The van der Waals surface area contributed by atoms with Gasteiger partial charge in [0.2, 0.25) is 5.91 Å². The third-order valence-electron chi connectivity index (χ3n) is 4.26. The Morgan fingerprint density at radius 1 is 1.28 bits per heavy atom. The molecule has 1 saturated heterocycles. The van der Waals surface area contributed by atoms with Crippen molar-refractivity contribution in [1.82, 2.24) is 10.6 Å². The van der Waals surface area contributed by atoms with Gasteiger partial charge in [0.15, 0.2) is 0 Å². The zero-order valence-electron chi connectivity index (χ0n) is 11.6. The van der Waals surface area contributed by atoms with Crippen molar-refractivity contribution in [2.75, 3.05) is 19.8 Å². The average Bonchev–Trinajstić information content (AvgIpc) is 2.96. The van der Waals surface area contributed by atoms with Crippen LogP contribution in [0.1, 0.15) is 39.5 Å². The summed E-state index contributed by atoms with van der Waals surface area (Å²) >= 11 is 0. The zero-order chi connectivity index (χ0) is 13.0. The second-order valence-corrected chi connectivity index (χ2v) is 5.73. The average molecular weight is 254 g/mol. The molecule has 4 nitrogen and oxygen atoms in total. The molecule has 4 atom stereocenters. The van der Waals surface area contributed by atoms with Crippen molar-refractivity contribution >= 4 is 5.91 Å². The Bertz CT molecular complexity index is 283. The summed E-state index contributed by atoms with van der Waals surface area (Å²) in [7, 11) is 0. The van der Waals surface area contributed by atoms with Crippen LogP contribution in [-0.2, 0) is 9.53 Å². The molecule has 1 amide bonds. The van der Waals surface area contributed by atoms with E-state index in [1.54, 1.807) is 0 Å². The maximum Gasteiger partial charge on any atom is 0.227 e. The van der Waals surface area contributed by atoms with Gasteiger partial charge in [-0.3, -0.25) is 4.79 Å². The molecule has 4 unspecified atom stereocenters. The molecule has 0 aromatic rings. The number of ether oxygens (including phenoxy) is 1. The van der Waals surface area contributed by atoms with Crippen molar-refractivity contribution < 1.29 is 9.53 Å². The van der Waals surface area contributed by atoms with E-state index in [-0.39, 0.29) is 17.9 Å². The minimum Gasteiger partial charge on any atom is -0.379 e. The van der Waals surface area contributed by atoms with E-state index >= 15 is 0 Å². The van der Waals surface area contributed by atoms with E-state index in [9.17, 15) is 4.79 Å². The Labute approximate surface area is 110 Å². The summed E-state index contributed by atoms with van der Waals surface area (Å²) in [5.74, 6) is 0.794. The molecule has 4 heteroatoms. The van der Waals surface area contributed by atoms with Crippen LogP contribution in [-0.4, -0.2) is 37.7 Å². The van der Waals surface area contributed by atoms with E-state index in [0.29, 0.717) is 25.2 Å². The molecule has 18 heavy (non-hydrogen) atoms. The SMILES string of the molecule is CCCNC1COCC1C(=O)NC1CCCC1C. The number of carbonyl (C=O) groups excluding carboxylic acids is 1. The summed E-state index contributed by atoms with van der Waals surface area (Å²) in [6.45, 7) is 6.55. The molecule has 104 valence electrons. The predicted octanol–water partition coefficient (Wildman–Crippen LogP) is 1.31. The first-order chi connectivity index (χ1) is 8.72. The molecule has 2 aliphatic rings. The Morgan fingerprint density at radius 2 is 2.11 bits per heavy atom. The number of amides is 1. The predicted molar refractivity (Wildman–Crippen MR) is 71.3 cm³/mol. The van der Waals surface area contributed by atoms with Crippen LogP contribution in [0.3, 0.4) is 0 Å².